The summed E-state index contributed by atoms with van der Waals surface area (Å²) < 4.78 is 30.1. The van der Waals surface area contributed by atoms with E-state index in [1.165, 1.54) is 38.4 Å². The predicted molar refractivity (Wildman–Crippen MR) is 60.9 cm³/mol. The van der Waals surface area contributed by atoms with Gasteiger partial charge in [0.25, 0.3) is 10.0 Å². The molecule has 0 saturated carbocycles. The van der Waals surface area contributed by atoms with Crippen LogP contribution in [0.15, 0.2) is 29.2 Å². The molecule has 0 aliphatic carbocycles. The van der Waals surface area contributed by atoms with Crippen LogP contribution in [0.1, 0.15) is 0 Å². The lowest BCUT2D eigenvalue weighted by Crippen LogP contribution is -2.44. The number of hydrogen-bond donors (Lipinski definition) is 3. The van der Waals surface area contributed by atoms with E-state index in [4.69, 9.17) is 4.74 Å². The molecule has 1 rings (SSSR count). The fourth-order valence-corrected chi connectivity index (χ4v) is 1.98. The van der Waals surface area contributed by atoms with E-state index in [1.807, 2.05) is 4.72 Å². The zero-order valence-corrected chi connectivity index (χ0v) is 10.2. The van der Waals surface area contributed by atoms with Crippen molar-refractivity contribution in [3.8, 4) is 5.75 Å². The molecule has 7 nitrogen and oxygen atoms in total. The first kappa shape index (κ1) is 13.3. The SMILES string of the molecule is CNNC(=O)NS(=O)(=O)c1ccc(OC)cc1. The van der Waals surface area contributed by atoms with E-state index in [1.54, 1.807) is 0 Å². The van der Waals surface area contributed by atoms with Crippen LogP contribution in [-0.4, -0.2) is 28.6 Å². The quantitative estimate of drug-likeness (QED) is 0.652. The van der Waals surface area contributed by atoms with E-state index in [9.17, 15) is 13.2 Å². The molecule has 0 saturated heterocycles. The summed E-state index contributed by atoms with van der Waals surface area (Å²) in [6, 6.07) is 4.81. The molecule has 1 aromatic rings. The number of hydrazine groups is 1. The molecule has 0 heterocycles. The van der Waals surface area contributed by atoms with Crippen molar-refractivity contribution >= 4 is 16.1 Å². The molecule has 0 bridgehead atoms. The minimum Gasteiger partial charge on any atom is -0.497 e. The third-order valence-electron chi connectivity index (χ3n) is 1.84. The number of carbonyl (C=O) groups excluding carboxylic acids is 1. The Bertz CT molecular complexity index is 483. The zero-order chi connectivity index (χ0) is 12.9. The van der Waals surface area contributed by atoms with Gasteiger partial charge in [-0.25, -0.2) is 23.4 Å². The molecule has 8 heteroatoms. The van der Waals surface area contributed by atoms with Crippen LogP contribution in [-0.2, 0) is 10.0 Å². The fraction of sp³-hybridized carbons (Fsp3) is 0.222. The van der Waals surface area contributed by atoms with Crippen LogP contribution in [0.4, 0.5) is 4.79 Å². The normalized spacial score (nSPS) is 10.7. The molecule has 0 radical (unpaired) electrons. The number of methoxy groups -OCH3 is 1. The first-order valence-electron chi connectivity index (χ1n) is 4.63. The average molecular weight is 259 g/mol. The summed E-state index contributed by atoms with van der Waals surface area (Å²) in [7, 11) is -0.946. The van der Waals surface area contributed by atoms with Crippen molar-refractivity contribution in [2.75, 3.05) is 14.2 Å². The van der Waals surface area contributed by atoms with E-state index in [0.717, 1.165) is 0 Å². The number of ether oxygens (including phenoxy) is 1. The van der Waals surface area contributed by atoms with E-state index in [2.05, 4.69) is 10.9 Å². The second-order valence-electron chi connectivity index (χ2n) is 2.99. The number of rotatable bonds is 4. The van der Waals surface area contributed by atoms with Crippen LogP contribution in [0, 0.1) is 0 Å². The average Bonchev–Trinajstić information content (AvgIpc) is 2.28. The highest BCUT2D eigenvalue weighted by molar-refractivity contribution is 7.90. The Morgan fingerprint density at radius 3 is 2.29 bits per heavy atom. The van der Waals surface area contributed by atoms with Gasteiger partial charge in [-0.3, -0.25) is 5.43 Å². The highest BCUT2D eigenvalue weighted by Gasteiger charge is 2.16. The Balaban J connectivity index is 2.85. The molecule has 1 aromatic carbocycles. The van der Waals surface area contributed by atoms with Gasteiger partial charge in [0.1, 0.15) is 5.75 Å². The van der Waals surface area contributed by atoms with Gasteiger partial charge < -0.3 is 4.74 Å². The molecular formula is C9H13N3O4S. The summed E-state index contributed by atoms with van der Waals surface area (Å²) in [5.41, 5.74) is 4.40. The third-order valence-corrected chi connectivity index (χ3v) is 3.18. The Morgan fingerprint density at radius 2 is 1.82 bits per heavy atom. The van der Waals surface area contributed by atoms with E-state index >= 15 is 0 Å². The zero-order valence-electron chi connectivity index (χ0n) is 9.35. The van der Waals surface area contributed by atoms with Crippen LogP contribution in [0.3, 0.4) is 0 Å². The molecule has 0 unspecified atom stereocenters. The molecular weight excluding hydrogens is 246 g/mol. The second-order valence-corrected chi connectivity index (χ2v) is 4.67. The summed E-state index contributed by atoms with van der Waals surface area (Å²) in [5.74, 6) is 0.531. The van der Waals surface area contributed by atoms with Gasteiger partial charge in [0.05, 0.1) is 12.0 Å². The number of urea groups is 1. The molecule has 0 atom stereocenters. The molecule has 2 amide bonds. The van der Waals surface area contributed by atoms with E-state index < -0.39 is 16.1 Å². The van der Waals surface area contributed by atoms with E-state index in [0.29, 0.717) is 5.75 Å². The summed E-state index contributed by atoms with van der Waals surface area (Å²) in [6.07, 6.45) is 0. The van der Waals surface area contributed by atoms with Crippen molar-refractivity contribution in [3.63, 3.8) is 0 Å². The number of benzene rings is 1. The number of hydrogen-bond acceptors (Lipinski definition) is 5. The van der Waals surface area contributed by atoms with Crippen molar-refractivity contribution in [2.45, 2.75) is 4.90 Å². The lowest BCUT2D eigenvalue weighted by molar-refractivity contribution is 0.243. The number of nitrogens with one attached hydrogen (secondary N) is 3. The van der Waals surface area contributed by atoms with Gasteiger partial charge in [0.2, 0.25) is 0 Å². The van der Waals surface area contributed by atoms with Crippen LogP contribution in [0.5, 0.6) is 5.75 Å². The number of carbonyl (C=O) groups is 1. The maximum Gasteiger partial charge on any atom is 0.342 e. The standard InChI is InChI=1S/C9H13N3O4S/c1-10-11-9(13)12-17(14,15)8-5-3-7(16-2)4-6-8/h3-6,10H,1-2H3,(H2,11,12,13). The summed E-state index contributed by atoms with van der Waals surface area (Å²) >= 11 is 0. The molecule has 0 fully saturated rings. The Kier molecular flexibility index (Phi) is 4.30. The van der Waals surface area contributed by atoms with E-state index in [-0.39, 0.29) is 4.90 Å². The first-order chi connectivity index (χ1) is 7.99. The Hall–Kier alpha value is -1.80. The maximum atomic E-state index is 11.7. The molecule has 0 aromatic heterocycles. The second kappa shape index (κ2) is 5.51. The minimum absolute atomic E-state index is 0.0236. The molecule has 0 spiro atoms. The molecule has 0 aliphatic heterocycles. The van der Waals surface area contributed by atoms with Gasteiger partial charge in [-0.1, -0.05) is 0 Å². The van der Waals surface area contributed by atoms with Crippen molar-refractivity contribution in [1.82, 2.24) is 15.6 Å². The van der Waals surface area contributed by atoms with Crippen molar-refractivity contribution in [2.24, 2.45) is 0 Å². The molecule has 17 heavy (non-hydrogen) atoms. The predicted octanol–water partition coefficient (Wildman–Crippen LogP) is -0.182. The number of sulfonamides is 1. The summed E-state index contributed by atoms with van der Waals surface area (Å²) in [6.45, 7) is 0. The van der Waals surface area contributed by atoms with Crippen molar-refractivity contribution in [3.05, 3.63) is 24.3 Å². The number of amides is 2. The van der Waals surface area contributed by atoms with Gasteiger partial charge in [-0.15, -0.1) is 0 Å². The lowest BCUT2D eigenvalue weighted by Gasteiger charge is -2.08. The summed E-state index contributed by atoms with van der Waals surface area (Å²) in [5, 5.41) is 0. The highest BCUT2D eigenvalue weighted by atomic mass is 32.2. The fourth-order valence-electron chi connectivity index (χ4n) is 1.07. The maximum absolute atomic E-state index is 11.7. The van der Waals surface area contributed by atoms with Crippen LogP contribution < -0.4 is 20.3 Å². The lowest BCUT2D eigenvalue weighted by atomic mass is 10.3. The van der Waals surface area contributed by atoms with Crippen LogP contribution in [0.25, 0.3) is 0 Å². The van der Waals surface area contributed by atoms with Gasteiger partial charge in [-0.2, -0.15) is 0 Å². The highest BCUT2D eigenvalue weighted by Crippen LogP contribution is 2.14. The summed E-state index contributed by atoms with van der Waals surface area (Å²) in [4.78, 5) is 11.0. The first-order valence-corrected chi connectivity index (χ1v) is 6.11. The van der Waals surface area contributed by atoms with Crippen LogP contribution in [0.2, 0.25) is 0 Å². The minimum atomic E-state index is -3.86. The third kappa shape index (κ3) is 3.61. The smallest absolute Gasteiger partial charge is 0.342 e. The van der Waals surface area contributed by atoms with Crippen LogP contribution >= 0.6 is 0 Å². The van der Waals surface area contributed by atoms with Gasteiger partial charge in [0.15, 0.2) is 0 Å². The van der Waals surface area contributed by atoms with Gasteiger partial charge in [0, 0.05) is 7.05 Å². The molecule has 0 aliphatic rings. The molecule has 94 valence electrons. The molecule has 3 N–H and O–H groups in total. The van der Waals surface area contributed by atoms with Gasteiger partial charge in [-0.05, 0) is 24.3 Å². The largest absolute Gasteiger partial charge is 0.497 e. The van der Waals surface area contributed by atoms with Crippen molar-refractivity contribution < 1.29 is 17.9 Å². The monoisotopic (exact) mass is 259 g/mol. The Morgan fingerprint density at radius 1 is 1.24 bits per heavy atom. The topological polar surface area (TPSA) is 96.5 Å². The van der Waals surface area contributed by atoms with Crippen molar-refractivity contribution in [1.29, 1.82) is 0 Å². The Labute approximate surface area is 99.2 Å². The van der Waals surface area contributed by atoms with Gasteiger partial charge >= 0.3 is 6.03 Å².